The van der Waals surface area contributed by atoms with Crippen molar-refractivity contribution in [1.29, 1.82) is 0 Å². The van der Waals surface area contributed by atoms with Gasteiger partial charge in [0.15, 0.2) is 0 Å². The first-order valence-corrected chi connectivity index (χ1v) is 12.0. The van der Waals surface area contributed by atoms with Crippen LogP contribution in [0.15, 0.2) is 24.3 Å². The summed E-state index contributed by atoms with van der Waals surface area (Å²) >= 11 is 0. The molecule has 2 aliphatic carbocycles. The highest BCUT2D eigenvalue weighted by Gasteiger charge is 2.24. The highest BCUT2D eigenvalue weighted by Crippen LogP contribution is 2.38. The first-order valence-electron chi connectivity index (χ1n) is 12.0. The van der Waals surface area contributed by atoms with Gasteiger partial charge in [0, 0.05) is 0 Å². The Hall–Kier alpha value is -0.850. The fourth-order valence-corrected chi connectivity index (χ4v) is 5.60. The van der Waals surface area contributed by atoms with Gasteiger partial charge >= 0.3 is 0 Å². The average Bonchev–Trinajstić information content (AvgIpc) is 2.72. The van der Waals surface area contributed by atoms with Gasteiger partial charge in [0.25, 0.3) is 0 Å². The number of aryl methyl sites for hydroxylation is 1. The van der Waals surface area contributed by atoms with Gasteiger partial charge in [0.2, 0.25) is 0 Å². The van der Waals surface area contributed by atoms with E-state index < -0.39 is 0 Å². The molecule has 0 aliphatic heterocycles. The van der Waals surface area contributed by atoms with Gasteiger partial charge in [0.1, 0.15) is 5.82 Å². The monoisotopic (exact) mass is 372 g/mol. The van der Waals surface area contributed by atoms with Gasteiger partial charge in [-0.25, -0.2) is 4.39 Å². The molecule has 0 saturated heterocycles. The molecule has 2 fully saturated rings. The lowest BCUT2D eigenvalue weighted by molar-refractivity contribution is 0.209. The molecular formula is C26H41F. The molecular weight excluding hydrogens is 331 g/mol. The molecule has 1 aromatic rings. The van der Waals surface area contributed by atoms with E-state index in [1.165, 1.54) is 95.5 Å². The summed E-state index contributed by atoms with van der Waals surface area (Å²) in [6.07, 6.45) is 21.5. The van der Waals surface area contributed by atoms with Crippen molar-refractivity contribution in [3.8, 4) is 0 Å². The molecule has 152 valence electrons. The third kappa shape index (κ3) is 7.24. The lowest BCUT2D eigenvalue weighted by atomic mass is 9.74. The van der Waals surface area contributed by atoms with Gasteiger partial charge in [-0.15, -0.1) is 0 Å². The van der Waals surface area contributed by atoms with Crippen LogP contribution in [0.5, 0.6) is 0 Å². The lowest BCUT2D eigenvalue weighted by Crippen LogP contribution is -2.18. The largest absolute Gasteiger partial charge is 0.207 e. The van der Waals surface area contributed by atoms with Crippen LogP contribution in [0, 0.1) is 29.5 Å². The standard InChI is InChI=1S/C26H41F/c1-2-3-4-21-5-7-22(8-6-21)9-10-23-11-13-24(14-12-23)15-16-25-17-19-26(27)20-18-25/h17-24H,2-16H2,1H3. The molecule has 1 aromatic carbocycles. The second-order valence-electron chi connectivity index (χ2n) is 9.66. The molecule has 1 heteroatoms. The Labute approximate surface area is 167 Å². The molecule has 27 heavy (non-hydrogen) atoms. The van der Waals surface area contributed by atoms with Crippen LogP contribution in [0.2, 0.25) is 0 Å². The Morgan fingerprint density at radius 2 is 1.11 bits per heavy atom. The van der Waals surface area contributed by atoms with Crippen molar-refractivity contribution in [2.24, 2.45) is 23.7 Å². The molecule has 0 amide bonds. The van der Waals surface area contributed by atoms with Crippen LogP contribution in [0.1, 0.15) is 102 Å². The van der Waals surface area contributed by atoms with Gasteiger partial charge in [-0.1, -0.05) is 103 Å². The molecule has 0 bridgehead atoms. The number of hydrogen-bond acceptors (Lipinski definition) is 0. The molecule has 0 N–H and O–H groups in total. The van der Waals surface area contributed by atoms with Crippen molar-refractivity contribution in [1.82, 2.24) is 0 Å². The Morgan fingerprint density at radius 1 is 0.667 bits per heavy atom. The molecule has 0 atom stereocenters. The Bertz CT molecular complexity index is 504. The maximum Gasteiger partial charge on any atom is 0.123 e. The normalized spacial score (nSPS) is 29.0. The SMILES string of the molecule is CCCCC1CCC(CCC2CCC(CCc3ccc(F)cc3)CC2)CC1. The van der Waals surface area contributed by atoms with Crippen molar-refractivity contribution in [2.75, 3.05) is 0 Å². The average molecular weight is 373 g/mol. The molecule has 0 nitrogen and oxygen atoms in total. The van der Waals surface area contributed by atoms with Crippen LogP contribution in [0.4, 0.5) is 4.39 Å². The van der Waals surface area contributed by atoms with Gasteiger partial charge in [0.05, 0.1) is 0 Å². The molecule has 0 aromatic heterocycles. The van der Waals surface area contributed by atoms with Crippen LogP contribution in [0.3, 0.4) is 0 Å². The lowest BCUT2D eigenvalue weighted by Gasteiger charge is -2.32. The number of rotatable bonds is 9. The predicted molar refractivity (Wildman–Crippen MR) is 114 cm³/mol. The van der Waals surface area contributed by atoms with Crippen LogP contribution >= 0.6 is 0 Å². The molecule has 3 rings (SSSR count). The summed E-state index contributed by atoms with van der Waals surface area (Å²) in [5.41, 5.74) is 1.30. The second kappa shape index (κ2) is 11.2. The summed E-state index contributed by atoms with van der Waals surface area (Å²) in [4.78, 5) is 0. The van der Waals surface area contributed by atoms with E-state index in [-0.39, 0.29) is 5.82 Å². The number of halogens is 1. The van der Waals surface area contributed by atoms with Crippen LogP contribution in [0.25, 0.3) is 0 Å². The molecule has 2 saturated carbocycles. The van der Waals surface area contributed by atoms with Crippen molar-refractivity contribution in [2.45, 2.75) is 103 Å². The van der Waals surface area contributed by atoms with Crippen LogP contribution in [-0.4, -0.2) is 0 Å². The van der Waals surface area contributed by atoms with Gasteiger partial charge in [-0.2, -0.15) is 0 Å². The summed E-state index contributed by atoms with van der Waals surface area (Å²) < 4.78 is 13.0. The zero-order valence-corrected chi connectivity index (χ0v) is 17.6. The third-order valence-corrected chi connectivity index (χ3v) is 7.64. The van der Waals surface area contributed by atoms with Gasteiger partial charge in [-0.3, -0.25) is 0 Å². The van der Waals surface area contributed by atoms with Gasteiger partial charge < -0.3 is 0 Å². The van der Waals surface area contributed by atoms with Gasteiger partial charge in [-0.05, 0) is 54.2 Å². The fraction of sp³-hybridized carbons (Fsp3) is 0.769. The van der Waals surface area contributed by atoms with E-state index in [9.17, 15) is 4.39 Å². The summed E-state index contributed by atoms with van der Waals surface area (Å²) in [6, 6.07) is 7.11. The minimum Gasteiger partial charge on any atom is -0.207 e. The van der Waals surface area contributed by atoms with E-state index >= 15 is 0 Å². The second-order valence-corrected chi connectivity index (χ2v) is 9.66. The molecule has 0 heterocycles. The highest BCUT2D eigenvalue weighted by atomic mass is 19.1. The van der Waals surface area contributed by atoms with Crippen molar-refractivity contribution < 1.29 is 4.39 Å². The zero-order valence-electron chi connectivity index (χ0n) is 17.6. The number of hydrogen-bond donors (Lipinski definition) is 0. The molecule has 2 aliphatic rings. The van der Waals surface area contributed by atoms with E-state index in [0.717, 1.165) is 30.1 Å². The minimum atomic E-state index is -0.117. The van der Waals surface area contributed by atoms with Crippen LogP contribution < -0.4 is 0 Å². The quantitative estimate of drug-likeness (QED) is 0.408. The summed E-state index contributed by atoms with van der Waals surface area (Å²) in [5, 5.41) is 0. The molecule has 0 spiro atoms. The first kappa shape index (κ1) is 20.9. The highest BCUT2D eigenvalue weighted by molar-refractivity contribution is 5.16. The number of benzene rings is 1. The summed E-state index contributed by atoms with van der Waals surface area (Å²) in [5.74, 6) is 3.88. The smallest absolute Gasteiger partial charge is 0.123 e. The van der Waals surface area contributed by atoms with E-state index in [1.54, 1.807) is 12.1 Å². The van der Waals surface area contributed by atoms with E-state index in [2.05, 4.69) is 6.92 Å². The Kier molecular flexibility index (Phi) is 8.68. The molecule has 0 radical (unpaired) electrons. The first-order chi connectivity index (χ1) is 13.2. The Morgan fingerprint density at radius 3 is 1.59 bits per heavy atom. The summed E-state index contributed by atoms with van der Waals surface area (Å²) in [6.45, 7) is 2.32. The minimum absolute atomic E-state index is 0.117. The third-order valence-electron chi connectivity index (χ3n) is 7.64. The fourth-order valence-electron chi connectivity index (χ4n) is 5.60. The van der Waals surface area contributed by atoms with E-state index in [4.69, 9.17) is 0 Å². The van der Waals surface area contributed by atoms with E-state index in [0.29, 0.717) is 0 Å². The maximum atomic E-state index is 13.0. The van der Waals surface area contributed by atoms with E-state index in [1.807, 2.05) is 12.1 Å². The predicted octanol–water partition coefficient (Wildman–Crippen LogP) is 8.34. The van der Waals surface area contributed by atoms with Crippen LogP contribution in [-0.2, 0) is 6.42 Å². The van der Waals surface area contributed by atoms with Crippen molar-refractivity contribution in [3.63, 3.8) is 0 Å². The van der Waals surface area contributed by atoms with Crippen molar-refractivity contribution in [3.05, 3.63) is 35.6 Å². The topological polar surface area (TPSA) is 0 Å². The zero-order chi connectivity index (χ0) is 18.9. The molecule has 0 unspecified atom stereocenters. The maximum absolute atomic E-state index is 13.0. The van der Waals surface area contributed by atoms with Crippen molar-refractivity contribution >= 4 is 0 Å². The number of unbranched alkanes of at least 4 members (excludes halogenated alkanes) is 1. The Balaban J connectivity index is 1.26. The summed E-state index contributed by atoms with van der Waals surface area (Å²) in [7, 11) is 0.